The first-order chi connectivity index (χ1) is 20.6. The molecule has 0 aliphatic carbocycles. The standard InChI is InChI=1S/C32H28N4O7/c1-32(2)31(38)35-29-23(18-34(35)26-11-7-8-12-27(26)41-3)20(15-16-24(29)33-32)21-14-13-19(17-28(21)42-4)43-30(37)22-9-5-6-10-25(22)36(39)40/h5-17,33H,18H2,1-4H3. The van der Waals surface area contributed by atoms with E-state index in [0.29, 0.717) is 23.6 Å². The molecule has 0 saturated carbocycles. The fourth-order valence-electron chi connectivity index (χ4n) is 5.56. The van der Waals surface area contributed by atoms with Crippen LogP contribution in [0.2, 0.25) is 0 Å². The molecule has 2 aliphatic rings. The number of esters is 1. The number of carbonyl (C=O) groups excluding carboxylic acids is 2. The Balaban J connectivity index is 1.42. The maximum Gasteiger partial charge on any atom is 0.350 e. The number of carbonyl (C=O) groups is 2. The summed E-state index contributed by atoms with van der Waals surface area (Å²) in [4.78, 5) is 37.4. The Hall–Kier alpha value is -5.58. The average Bonchev–Trinajstić information content (AvgIpc) is 3.41. The molecule has 0 radical (unpaired) electrons. The Kier molecular flexibility index (Phi) is 6.64. The van der Waals surface area contributed by atoms with Crippen LogP contribution in [0, 0.1) is 10.1 Å². The Morgan fingerprint density at radius 2 is 1.63 bits per heavy atom. The summed E-state index contributed by atoms with van der Waals surface area (Å²) in [6.07, 6.45) is 0. The smallest absolute Gasteiger partial charge is 0.350 e. The highest BCUT2D eigenvalue weighted by Gasteiger charge is 2.47. The van der Waals surface area contributed by atoms with Crippen LogP contribution < -0.4 is 29.5 Å². The number of para-hydroxylation sites is 3. The zero-order valence-electron chi connectivity index (χ0n) is 23.9. The van der Waals surface area contributed by atoms with Gasteiger partial charge in [0.05, 0.1) is 37.1 Å². The minimum Gasteiger partial charge on any atom is -0.496 e. The number of nitrogens with one attached hydrogen (secondary N) is 1. The Morgan fingerprint density at radius 3 is 2.37 bits per heavy atom. The van der Waals surface area contributed by atoms with Crippen molar-refractivity contribution in [2.45, 2.75) is 25.9 Å². The molecule has 4 aromatic carbocycles. The molecule has 1 amide bonds. The number of ether oxygens (including phenoxy) is 3. The van der Waals surface area contributed by atoms with E-state index in [-0.39, 0.29) is 22.9 Å². The summed E-state index contributed by atoms with van der Waals surface area (Å²) in [5, 5.41) is 18.4. The van der Waals surface area contributed by atoms with Gasteiger partial charge in [0.1, 0.15) is 34.0 Å². The molecule has 6 rings (SSSR count). The van der Waals surface area contributed by atoms with Gasteiger partial charge in [-0.25, -0.2) is 9.80 Å². The summed E-state index contributed by atoms with van der Waals surface area (Å²) in [6.45, 7) is 4.06. The van der Waals surface area contributed by atoms with Crippen LogP contribution in [0.1, 0.15) is 29.8 Å². The molecule has 0 aromatic heterocycles. The predicted octanol–water partition coefficient (Wildman–Crippen LogP) is 5.97. The number of amides is 1. The molecule has 0 saturated heterocycles. The van der Waals surface area contributed by atoms with Gasteiger partial charge in [0.25, 0.3) is 11.6 Å². The van der Waals surface area contributed by atoms with E-state index in [1.807, 2.05) is 55.3 Å². The van der Waals surface area contributed by atoms with Crippen LogP contribution in [0.3, 0.4) is 0 Å². The van der Waals surface area contributed by atoms with Crippen molar-refractivity contribution in [2.75, 3.05) is 29.6 Å². The van der Waals surface area contributed by atoms with Crippen molar-refractivity contribution in [3.05, 3.63) is 100 Å². The van der Waals surface area contributed by atoms with Gasteiger partial charge in [-0.05, 0) is 55.8 Å². The SMILES string of the molecule is COc1cc(OC(=O)c2ccccc2[N+](=O)[O-])ccc1-c1ccc2c3c1CN(c1ccccc1OC)N3C(=O)C(C)(C)N2. The number of methoxy groups -OCH3 is 2. The highest BCUT2D eigenvalue weighted by atomic mass is 16.6. The fraction of sp³-hybridized carbons (Fsp3) is 0.188. The number of rotatable bonds is 7. The van der Waals surface area contributed by atoms with E-state index in [0.717, 1.165) is 28.2 Å². The van der Waals surface area contributed by atoms with Crippen LogP contribution in [-0.4, -0.2) is 36.6 Å². The number of nitro groups is 1. The third-order valence-electron chi connectivity index (χ3n) is 7.58. The third kappa shape index (κ3) is 4.55. The van der Waals surface area contributed by atoms with Crippen LogP contribution in [0.5, 0.6) is 17.2 Å². The summed E-state index contributed by atoms with van der Waals surface area (Å²) < 4.78 is 16.9. The van der Waals surface area contributed by atoms with Gasteiger partial charge in [-0.2, -0.15) is 0 Å². The van der Waals surface area contributed by atoms with Crippen molar-refractivity contribution < 1.29 is 28.7 Å². The van der Waals surface area contributed by atoms with E-state index < -0.39 is 16.4 Å². The summed E-state index contributed by atoms with van der Waals surface area (Å²) >= 11 is 0. The Morgan fingerprint density at radius 1 is 0.930 bits per heavy atom. The maximum atomic E-state index is 13.8. The monoisotopic (exact) mass is 580 g/mol. The molecule has 11 nitrogen and oxygen atoms in total. The van der Waals surface area contributed by atoms with Gasteiger partial charge in [0, 0.05) is 23.3 Å². The highest BCUT2D eigenvalue weighted by molar-refractivity contribution is 6.12. The van der Waals surface area contributed by atoms with Crippen molar-refractivity contribution in [1.82, 2.24) is 0 Å². The van der Waals surface area contributed by atoms with E-state index in [9.17, 15) is 19.7 Å². The molecular weight excluding hydrogens is 552 g/mol. The molecule has 0 bridgehead atoms. The van der Waals surface area contributed by atoms with Crippen LogP contribution >= 0.6 is 0 Å². The zero-order valence-corrected chi connectivity index (χ0v) is 23.9. The second-order valence-corrected chi connectivity index (χ2v) is 10.6. The number of hydrazine groups is 1. The molecule has 0 spiro atoms. The lowest BCUT2D eigenvalue weighted by Crippen LogP contribution is -2.57. The summed E-state index contributed by atoms with van der Waals surface area (Å²) in [5.74, 6) is 0.233. The molecule has 218 valence electrons. The number of anilines is 3. The van der Waals surface area contributed by atoms with Gasteiger partial charge in [0.2, 0.25) is 0 Å². The molecule has 4 aromatic rings. The minimum atomic E-state index is -0.857. The molecule has 43 heavy (non-hydrogen) atoms. The van der Waals surface area contributed by atoms with Gasteiger partial charge < -0.3 is 19.5 Å². The van der Waals surface area contributed by atoms with Gasteiger partial charge in [-0.1, -0.05) is 30.3 Å². The highest BCUT2D eigenvalue weighted by Crippen LogP contribution is 2.51. The molecule has 0 fully saturated rings. The lowest BCUT2D eigenvalue weighted by molar-refractivity contribution is -0.385. The number of hydrogen-bond acceptors (Lipinski definition) is 9. The largest absolute Gasteiger partial charge is 0.496 e. The Bertz CT molecular complexity index is 1800. The third-order valence-corrected chi connectivity index (χ3v) is 7.58. The van der Waals surface area contributed by atoms with Crippen LogP contribution in [-0.2, 0) is 11.3 Å². The number of nitrogens with zero attached hydrogens (tertiary/aromatic N) is 3. The van der Waals surface area contributed by atoms with Crippen molar-refractivity contribution in [1.29, 1.82) is 0 Å². The van der Waals surface area contributed by atoms with Gasteiger partial charge >= 0.3 is 5.97 Å². The van der Waals surface area contributed by atoms with Crippen LogP contribution in [0.15, 0.2) is 78.9 Å². The second-order valence-electron chi connectivity index (χ2n) is 10.6. The summed E-state index contributed by atoms with van der Waals surface area (Å²) in [5.41, 5.74) is 3.37. The van der Waals surface area contributed by atoms with Crippen molar-refractivity contribution in [3.63, 3.8) is 0 Å². The van der Waals surface area contributed by atoms with E-state index in [1.165, 1.54) is 31.4 Å². The maximum absolute atomic E-state index is 13.8. The summed E-state index contributed by atoms with van der Waals surface area (Å²) in [6, 6.07) is 22.0. The Labute approximate surface area is 247 Å². The first kappa shape index (κ1) is 27.6. The lowest BCUT2D eigenvalue weighted by atomic mass is 9.93. The quantitative estimate of drug-likeness (QED) is 0.122. The zero-order chi connectivity index (χ0) is 30.5. The van der Waals surface area contributed by atoms with E-state index in [4.69, 9.17) is 14.2 Å². The van der Waals surface area contributed by atoms with Crippen molar-refractivity contribution in [3.8, 4) is 28.4 Å². The topological polar surface area (TPSA) is 123 Å². The van der Waals surface area contributed by atoms with Gasteiger partial charge in [0.15, 0.2) is 0 Å². The number of hydrogen-bond donors (Lipinski definition) is 1. The van der Waals surface area contributed by atoms with Gasteiger partial charge in [-0.3, -0.25) is 19.9 Å². The number of benzene rings is 4. The first-order valence-corrected chi connectivity index (χ1v) is 13.5. The van der Waals surface area contributed by atoms with Crippen LogP contribution in [0.4, 0.5) is 22.7 Å². The van der Waals surface area contributed by atoms with Crippen LogP contribution in [0.25, 0.3) is 11.1 Å². The van der Waals surface area contributed by atoms with Crippen molar-refractivity contribution in [2.24, 2.45) is 0 Å². The van der Waals surface area contributed by atoms with Gasteiger partial charge in [-0.15, -0.1) is 0 Å². The van der Waals surface area contributed by atoms with E-state index in [2.05, 4.69) is 5.32 Å². The fourth-order valence-corrected chi connectivity index (χ4v) is 5.56. The lowest BCUT2D eigenvalue weighted by Gasteiger charge is -2.41. The molecule has 11 heteroatoms. The predicted molar refractivity (Wildman–Crippen MR) is 161 cm³/mol. The number of nitro benzene ring substituents is 1. The molecule has 1 N–H and O–H groups in total. The van der Waals surface area contributed by atoms with E-state index >= 15 is 0 Å². The molecule has 0 unspecified atom stereocenters. The molecular formula is C32H28N4O7. The average molecular weight is 581 g/mol. The minimum absolute atomic E-state index is 0.119. The molecule has 2 aliphatic heterocycles. The first-order valence-electron chi connectivity index (χ1n) is 13.5. The van der Waals surface area contributed by atoms with Crippen molar-refractivity contribution >= 4 is 34.6 Å². The summed E-state index contributed by atoms with van der Waals surface area (Å²) in [7, 11) is 3.10. The normalized spacial score (nSPS) is 14.6. The van der Waals surface area contributed by atoms with E-state index in [1.54, 1.807) is 30.3 Å². The second kappa shape index (κ2) is 10.4. The molecule has 2 heterocycles. The molecule has 0 atom stereocenters.